The number of amides is 2. The summed E-state index contributed by atoms with van der Waals surface area (Å²) in [6.45, 7) is 3.75. The van der Waals surface area contributed by atoms with E-state index in [0.717, 1.165) is 16.9 Å². The molecule has 3 aromatic rings. The molecule has 0 fully saturated rings. The molecule has 0 saturated carbocycles. The van der Waals surface area contributed by atoms with Gasteiger partial charge in [-0.25, -0.2) is 0 Å². The van der Waals surface area contributed by atoms with Gasteiger partial charge in [0.15, 0.2) is 5.76 Å². The molecular weight excluding hydrogens is 412 g/mol. The maximum absolute atomic E-state index is 12.7. The number of benzene rings is 2. The molecule has 0 bridgehead atoms. The number of thioether (sulfide) groups is 1. The van der Waals surface area contributed by atoms with Crippen LogP contribution in [0.2, 0.25) is 0 Å². The van der Waals surface area contributed by atoms with E-state index in [0.29, 0.717) is 36.8 Å². The first-order valence-electron chi connectivity index (χ1n) is 10.2. The molecule has 31 heavy (non-hydrogen) atoms. The number of rotatable bonds is 11. The van der Waals surface area contributed by atoms with Gasteiger partial charge in [0, 0.05) is 47.2 Å². The lowest BCUT2D eigenvalue weighted by atomic mass is 10.1. The summed E-state index contributed by atoms with van der Waals surface area (Å²) < 4.78 is 10.7. The average molecular weight is 439 g/mol. The Balaban J connectivity index is 1.57. The van der Waals surface area contributed by atoms with Crippen molar-refractivity contribution in [3.05, 3.63) is 83.8 Å². The minimum absolute atomic E-state index is 0.189. The summed E-state index contributed by atoms with van der Waals surface area (Å²) in [4.78, 5) is 26.2. The fourth-order valence-electron chi connectivity index (χ4n) is 2.87. The second kappa shape index (κ2) is 12.0. The highest BCUT2D eigenvalue weighted by Crippen LogP contribution is 2.25. The lowest BCUT2D eigenvalue weighted by Gasteiger charge is -2.09. The van der Waals surface area contributed by atoms with Crippen LogP contribution in [0.3, 0.4) is 0 Å². The summed E-state index contributed by atoms with van der Waals surface area (Å²) in [5.74, 6) is 0.357. The van der Waals surface area contributed by atoms with Gasteiger partial charge in [0.1, 0.15) is 0 Å². The van der Waals surface area contributed by atoms with Gasteiger partial charge >= 0.3 is 0 Å². The summed E-state index contributed by atoms with van der Waals surface area (Å²) >= 11 is 1.63. The third-order valence-corrected chi connectivity index (χ3v) is 5.49. The number of anilines is 1. The minimum atomic E-state index is -0.345. The van der Waals surface area contributed by atoms with E-state index in [-0.39, 0.29) is 17.6 Å². The van der Waals surface area contributed by atoms with Gasteiger partial charge in [-0.05, 0) is 49.7 Å². The fraction of sp³-hybridized carbons (Fsp3) is 0.250. The monoisotopic (exact) mass is 438 g/mol. The lowest BCUT2D eigenvalue weighted by Crippen LogP contribution is -2.25. The standard InChI is InChI=1S/C24H26N2O4S/c1-2-29-14-7-13-25-23(27)18-8-6-9-20(16-18)26-24(28)22-19(12-15-30-22)17-31-21-10-4-3-5-11-21/h3-6,8-12,15-16H,2,7,13-14,17H2,1H3,(H,25,27)(H,26,28). The highest BCUT2D eigenvalue weighted by molar-refractivity contribution is 7.98. The summed E-state index contributed by atoms with van der Waals surface area (Å²) in [5.41, 5.74) is 1.83. The molecule has 1 aromatic heterocycles. The largest absolute Gasteiger partial charge is 0.459 e. The van der Waals surface area contributed by atoms with Crippen LogP contribution in [0.5, 0.6) is 0 Å². The van der Waals surface area contributed by atoms with Crippen molar-refractivity contribution in [2.75, 3.05) is 25.1 Å². The number of hydrogen-bond donors (Lipinski definition) is 2. The molecule has 0 aliphatic heterocycles. The summed E-state index contributed by atoms with van der Waals surface area (Å²) in [6, 6.07) is 18.6. The quantitative estimate of drug-likeness (QED) is 0.326. The Kier molecular flexibility index (Phi) is 8.75. The van der Waals surface area contributed by atoms with Crippen molar-refractivity contribution in [1.82, 2.24) is 5.32 Å². The molecule has 2 N–H and O–H groups in total. The zero-order valence-corrected chi connectivity index (χ0v) is 18.2. The Morgan fingerprint density at radius 3 is 2.68 bits per heavy atom. The molecule has 162 valence electrons. The maximum Gasteiger partial charge on any atom is 0.291 e. The molecular formula is C24H26N2O4S. The van der Waals surface area contributed by atoms with E-state index in [1.807, 2.05) is 37.3 Å². The second-order valence-corrected chi connectivity index (χ2v) is 7.77. The van der Waals surface area contributed by atoms with Gasteiger partial charge in [-0.15, -0.1) is 11.8 Å². The Hall–Kier alpha value is -3.03. The SMILES string of the molecule is CCOCCCNC(=O)c1cccc(NC(=O)c2occc2CSc2ccccc2)c1. The topological polar surface area (TPSA) is 80.6 Å². The smallest absolute Gasteiger partial charge is 0.291 e. The summed E-state index contributed by atoms with van der Waals surface area (Å²) in [6.07, 6.45) is 2.26. The van der Waals surface area contributed by atoms with E-state index in [2.05, 4.69) is 10.6 Å². The molecule has 0 saturated heterocycles. The fourth-order valence-corrected chi connectivity index (χ4v) is 3.77. The second-order valence-electron chi connectivity index (χ2n) is 6.72. The molecule has 0 atom stereocenters. The molecule has 1 heterocycles. The van der Waals surface area contributed by atoms with Crippen molar-refractivity contribution in [2.24, 2.45) is 0 Å². The number of carbonyl (C=O) groups is 2. The molecule has 0 radical (unpaired) electrons. The molecule has 0 unspecified atom stereocenters. The van der Waals surface area contributed by atoms with Gasteiger partial charge in [0.25, 0.3) is 11.8 Å². The van der Waals surface area contributed by atoms with Gasteiger partial charge < -0.3 is 19.8 Å². The van der Waals surface area contributed by atoms with Crippen molar-refractivity contribution in [3.8, 4) is 0 Å². The van der Waals surface area contributed by atoms with Gasteiger partial charge in [-0.3, -0.25) is 9.59 Å². The normalized spacial score (nSPS) is 10.6. The highest BCUT2D eigenvalue weighted by atomic mass is 32.2. The van der Waals surface area contributed by atoms with Crippen LogP contribution in [-0.4, -0.2) is 31.6 Å². The molecule has 0 aliphatic carbocycles. The zero-order valence-electron chi connectivity index (χ0n) is 17.4. The third kappa shape index (κ3) is 7.01. The summed E-state index contributed by atoms with van der Waals surface area (Å²) in [5, 5.41) is 5.67. The Morgan fingerprint density at radius 1 is 1.03 bits per heavy atom. The van der Waals surface area contributed by atoms with Crippen molar-refractivity contribution in [2.45, 2.75) is 24.0 Å². The predicted molar refractivity (Wildman–Crippen MR) is 123 cm³/mol. The summed E-state index contributed by atoms with van der Waals surface area (Å²) in [7, 11) is 0. The Labute approximate surface area is 186 Å². The number of furan rings is 1. The molecule has 7 heteroatoms. The van der Waals surface area contributed by atoms with E-state index in [1.165, 1.54) is 6.26 Å². The first-order chi connectivity index (χ1) is 15.2. The van der Waals surface area contributed by atoms with Gasteiger partial charge in [-0.2, -0.15) is 0 Å². The molecule has 0 spiro atoms. The van der Waals surface area contributed by atoms with E-state index in [9.17, 15) is 9.59 Å². The maximum atomic E-state index is 12.7. The van der Waals surface area contributed by atoms with Gasteiger partial charge in [0.05, 0.1) is 6.26 Å². The molecule has 2 amide bonds. The van der Waals surface area contributed by atoms with Gasteiger partial charge in [-0.1, -0.05) is 24.3 Å². The van der Waals surface area contributed by atoms with E-state index in [1.54, 1.807) is 42.1 Å². The molecule has 6 nitrogen and oxygen atoms in total. The first kappa shape index (κ1) is 22.7. The van der Waals surface area contributed by atoms with Crippen LogP contribution in [0.25, 0.3) is 0 Å². The van der Waals surface area contributed by atoms with Crippen LogP contribution in [-0.2, 0) is 10.5 Å². The van der Waals surface area contributed by atoms with Crippen molar-refractivity contribution in [1.29, 1.82) is 0 Å². The molecule has 2 aromatic carbocycles. The van der Waals surface area contributed by atoms with Crippen LogP contribution in [0.4, 0.5) is 5.69 Å². The van der Waals surface area contributed by atoms with Crippen LogP contribution >= 0.6 is 11.8 Å². The van der Waals surface area contributed by atoms with Crippen LogP contribution in [0.15, 0.2) is 76.2 Å². The number of hydrogen-bond acceptors (Lipinski definition) is 5. The molecule has 0 aliphatic rings. The van der Waals surface area contributed by atoms with Crippen LogP contribution < -0.4 is 10.6 Å². The molecule has 3 rings (SSSR count). The van der Waals surface area contributed by atoms with Crippen LogP contribution in [0, 0.1) is 0 Å². The highest BCUT2D eigenvalue weighted by Gasteiger charge is 2.16. The minimum Gasteiger partial charge on any atom is -0.459 e. The first-order valence-corrected chi connectivity index (χ1v) is 11.2. The van der Waals surface area contributed by atoms with E-state index >= 15 is 0 Å². The van der Waals surface area contributed by atoms with E-state index in [4.69, 9.17) is 9.15 Å². The predicted octanol–water partition coefficient (Wildman–Crippen LogP) is 4.98. The third-order valence-electron chi connectivity index (χ3n) is 4.43. The zero-order chi connectivity index (χ0) is 21.9. The number of nitrogens with one attached hydrogen (secondary N) is 2. The van der Waals surface area contributed by atoms with E-state index < -0.39 is 0 Å². The van der Waals surface area contributed by atoms with Crippen molar-refractivity contribution < 1.29 is 18.7 Å². The Bertz CT molecular complexity index is 988. The Morgan fingerprint density at radius 2 is 1.87 bits per heavy atom. The number of carbonyl (C=O) groups excluding carboxylic acids is 2. The van der Waals surface area contributed by atoms with Crippen molar-refractivity contribution in [3.63, 3.8) is 0 Å². The van der Waals surface area contributed by atoms with Gasteiger partial charge in [0.2, 0.25) is 0 Å². The van der Waals surface area contributed by atoms with Crippen LogP contribution in [0.1, 0.15) is 39.8 Å². The lowest BCUT2D eigenvalue weighted by molar-refractivity contribution is 0.0942. The number of ether oxygens (including phenoxy) is 1. The average Bonchev–Trinajstić information content (AvgIpc) is 3.27. The van der Waals surface area contributed by atoms with Crippen molar-refractivity contribution >= 4 is 29.3 Å².